The standard InChI is InChI=1S/C14H9BrCl2O3S/c15-9-4-5-10(14(18)19)12(6-9)21(20)7-8-2-1-3-11(16)13(8)17/h1-6H,7H2,(H,18,19). The number of aromatic carboxylic acids is 1. The highest BCUT2D eigenvalue weighted by atomic mass is 79.9. The molecule has 1 unspecified atom stereocenters. The van der Waals surface area contributed by atoms with Crippen LogP contribution in [-0.2, 0) is 16.6 Å². The third-order valence-electron chi connectivity index (χ3n) is 2.74. The van der Waals surface area contributed by atoms with E-state index in [0.29, 0.717) is 20.1 Å². The molecule has 0 radical (unpaired) electrons. The Morgan fingerprint density at radius 2 is 1.95 bits per heavy atom. The van der Waals surface area contributed by atoms with Crippen molar-refractivity contribution in [2.24, 2.45) is 0 Å². The molecule has 2 aromatic rings. The van der Waals surface area contributed by atoms with Gasteiger partial charge in [-0.25, -0.2) is 4.79 Å². The van der Waals surface area contributed by atoms with Gasteiger partial charge in [-0.15, -0.1) is 0 Å². The van der Waals surface area contributed by atoms with Crippen LogP contribution >= 0.6 is 39.1 Å². The van der Waals surface area contributed by atoms with Gasteiger partial charge in [-0.05, 0) is 29.8 Å². The van der Waals surface area contributed by atoms with E-state index in [1.165, 1.54) is 12.1 Å². The summed E-state index contributed by atoms with van der Waals surface area (Å²) < 4.78 is 13.1. The van der Waals surface area contributed by atoms with E-state index < -0.39 is 16.8 Å². The summed E-state index contributed by atoms with van der Waals surface area (Å²) in [7, 11) is -1.55. The Morgan fingerprint density at radius 3 is 2.62 bits per heavy atom. The van der Waals surface area contributed by atoms with Crippen molar-refractivity contribution in [3.8, 4) is 0 Å². The largest absolute Gasteiger partial charge is 0.478 e. The van der Waals surface area contributed by atoms with Gasteiger partial charge in [0.1, 0.15) is 0 Å². The molecular formula is C14H9BrCl2O3S. The molecule has 1 atom stereocenters. The summed E-state index contributed by atoms with van der Waals surface area (Å²) in [4.78, 5) is 11.5. The zero-order valence-electron chi connectivity index (χ0n) is 10.5. The van der Waals surface area contributed by atoms with E-state index in [9.17, 15) is 14.1 Å². The molecule has 2 aromatic carbocycles. The number of rotatable bonds is 4. The van der Waals surface area contributed by atoms with Crippen LogP contribution in [0.25, 0.3) is 0 Å². The van der Waals surface area contributed by atoms with Crippen molar-refractivity contribution in [1.29, 1.82) is 0 Å². The lowest BCUT2D eigenvalue weighted by atomic mass is 10.2. The second-order valence-electron chi connectivity index (χ2n) is 4.15. The molecule has 0 amide bonds. The monoisotopic (exact) mass is 406 g/mol. The van der Waals surface area contributed by atoms with Crippen LogP contribution in [0.2, 0.25) is 10.0 Å². The molecule has 0 fully saturated rings. The Bertz CT molecular complexity index is 734. The quantitative estimate of drug-likeness (QED) is 0.794. The highest BCUT2D eigenvalue weighted by Gasteiger charge is 2.17. The van der Waals surface area contributed by atoms with E-state index in [4.69, 9.17) is 23.2 Å². The molecular weight excluding hydrogens is 399 g/mol. The maximum atomic E-state index is 12.5. The zero-order chi connectivity index (χ0) is 15.6. The first-order valence-electron chi connectivity index (χ1n) is 5.74. The van der Waals surface area contributed by atoms with Crippen LogP contribution in [0.1, 0.15) is 15.9 Å². The molecule has 0 saturated carbocycles. The van der Waals surface area contributed by atoms with Gasteiger partial charge in [0.05, 0.1) is 37.1 Å². The third kappa shape index (κ3) is 3.86. The first-order valence-corrected chi connectivity index (χ1v) is 8.61. The number of hydrogen-bond donors (Lipinski definition) is 1. The van der Waals surface area contributed by atoms with E-state index in [1.807, 2.05) is 0 Å². The Kier molecular flexibility index (Phi) is 5.43. The summed E-state index contributed by atoms with van der Waals surface area (Å²) in [6.07, 6.45) is 0. The summed E-state index contributed by atoms with van der Waals surface area (Å²) >= 11 is 15.2. The number of hydrogen-bond acceptors (Lipinski definition) is 2. The summed E-state index contributed by atoms with van der Waals surface area (Å²) in [6, 6.07) is 9.61. The van der Waals surface area contributed by atoms with Gasteiger partial charge in [-0.2, -0.15) is 0 Å². The highest BCUT2D eigenvalue weighted by molar-refractivity contribution is 9.10. The van der Waals surface area contributed by atoms with Crippen molar-refractivity contribution in [3.05, 3.63) is 62.0 Å². The maximum absolute atomic E-state index is 12.5. The highest BCUT2D eigenvalue weighted by Crippen LogP contribution is 2.29. The fourth-order valence-corrected chi connectivity index (χ4v) is 4.06. The van der Waals surface area contributed by atoms with Crippen LogP contribution in [0.3, 0.4) is 0 Å². The van der Waals surface area contributed by atoms with Crippen molar-refractivity contribution < 1.29 is 14.1 Å². The van der Waals surface area contributed by atoms with Gasteiger partial charge in [0.25, 0.3) is 0 Å². The van der Waals surface area contributed by atoms with Crippen LogP contribution in [0.5, 0.6) is 0 Å². The molecule has 3 nitrogen and oxygen atoms in total. The smallest absolute Gasteiger partial charge is 0.336 e. The maximum Gasteiger partial charge on any atom is 0.336 e. The molecule has 110 valence electrons. The van der Waals surface area contributed by atoms with Crippen LogP contribution in [0, 0.1) is 0 Å². The summed E-state index contributed by atoms with van der Waals surface area (Å²) in [5.41, 5.74) is 0.619. The number of carboxylic acids is 1. The van der Waals surface area contributed by atoms with Crippen molar-refractivity contribution >= 4 is 55.9 Å². The summed E-state index contributed by atoms with van der Waals surface area (Å²) in [5, 5.41) is 9.88. The SMILES string of the molecule is O=C(O)c1ccc(Br)cc1S(=O)Cc1cccc(Cl)c1Cl. The Morgan fingerprint density at radius 1 is 1.24 bits per heavy atom. The second-order valence-corrected chi connectivity index (χ2v) is 7.27. The lowest BCUT2D eigenvalue weighted by molar-refractivity contribution is 0.0693. The Hall–Kier alpha value is -0.880. The van der Waals surface area contributed by atoms with Gasteiger partial charge < -0.3 is 5.11 Å². The van der Waals surface area contributed by atoms with Gasteiger partial charge in [0.15, 0.2) is 0 Å². The third-order valence-corrected chi connectivity index (χ3v) is 5.49. The fourth-order valence-electron chi connectivity index (χ4n) is 1.74. The van der Waals surface area contributed by atoms with E-state index in [2.05, 4.69) is 15.9 Å². The molecule has 0 heterocycles. The molecule has 1 N–H and O–H groups in total. The van der Waals surface area contributed by atoms with Crippen LogP contribution < -0.4 is 0 Å². The summed E-state index contributed by atoms with van der Waals surface area (Å²) in [5.74, 6) is -1.03. The van der Waals surface area contributed by atoms with E-state index in [0.717, 1.165) is 0 Å². The molecule has 0 bridgehead atoms. The molecule has 0 saturated heterocycles. The van der Waals surface area contributed by atoms with Crippen LogP contribution in [-0.4, -0.2) is 15.3 Å². The second kappa shape index (κ2) is 6.92. The molecule has 7 heteroatoms. The molecule has 0 spiro atoms. The van der Waals surface area contributed by atoms with Crippen molar-refractivity contribution in [2.45, 2.75) is 10.6 Å². The minimum Gasteiger partial charge on any atom is -0.478 e. The zero-order valence-corrected chi connectivity index (χ0v) is 14.4. The summed E-state index contributed by atoms with van der Waals surface area (Å²) in [6.45, 7) is 0. The number of carboxylic acid groups (broad SMARTS) is 1. The van der Waals surface area contributed by atoms with E-state index >= 15 is 0 Å². The number of halogens is 3. The van der Waals surface area contributed by atoms with E-state index in [-0.39, 0.29) is 16.2 Å². The normalized spacial score (nSPS) is 12.1. The topological polar surface area (TPSA) is 54.4 Å². The van der Waals surface area contributed by atoms with Crippen molar-refractivity contribution in [2.75, 3.05) is 0 Å². The average molecular weight is 408 g/mol. The van der Waals surface area contributed by atoms with Crippen molar-refractivity contribution in [1.82, 2.24) is 0 Å². The van der Waals surface area contributed by atoms with Gasteiger partial charge in [-0.3, -0.25) is 4.21 Å². The van der Waals surface area contributed by atoms with Crippen molar-refractivity contribution in [3.63, 3.8) is 0 Å². The van der Waals surface area contributed by atoms with Gasteiger partial charge in [0.2, 0.25) is 0 Å². The first kappa shape index (κ1) is 16.5. The lowest BCUT2D eigenvalue weighted by Gasteiger charge is -2.09. The molecule has 2 rings (SSSR count). The molecule has 0 aromatic heterocycles. The van der Waals surface area contributed by atoms with Gasteiger partial charge in [-0.1, -0.05) is 51.3 Å². The minimum absolute atomic E-state index is 0.00897. The number of carbonyl (C=O) groups is 1. The average Bonchev–Trinajstić information content (AvgIpc) is 2.43. The number of benzene rings is 2. The molecule has 0 aliphatic rings. The lowest BCUT2D eigenvalue weighted by Crippen LogP contribution is -2.06. The fraction of sp³-hybridized carbons (Fsp3) is 0.0714. The van der Waals surface area contributed by atoms with Crippen LogP contribution in [0.4, 0.5) is 0 Å². The minimum atomic E-state index is -1.55. The molecule has 0 aliphatic heterocycles. The Labute approximate surface area is 142 Å². The molecule has 21 heavy (non-hydrogen) atoms. The first-order chi connectivity index (χ1) is 9.90. The van der Waals surface area contributed by atoms with Gasteiger partial charge >= 0.3 is 5.97 Å². The predicted molar refractivity (Wildman–Crippen MR) is 87.7 cm³/mol. The predicted octanol–water partition coefficient (Wildman–Crippen LogP) is 4.76. The van der Waals surface area contributed by atoms with Crippen LogP contribution in [0.15, 0.2) is 45.8 Å². The van der Waals surface area contributed by atoms with Gasteiger partial charge in [0, 0.05) is 4.47 Å². The van der Waals surface area contributed by atoms with E-state index in [1.54, 1.807) is 24.3 Å². The molecule has 0 aliphatic carbocycles. The Balaban J connectivity index is 2.39.